The molecule has 2 aromatic carbocycles. The zero-order valence-corrected chi connectivity index (χ0v) is 12.2. The molecule has 1 aliphatic carbocycles. The van der Waals surface area contributed by atoms with E-state index in [2.05, 4.69) is 17.1 Å². The number of aromatic amines is 1. The summed E-state index contributed by atoms with van der Waals surface area (Å²) in [7, 11) is 0. The SMILES string of the molecule is Cl.O=c1[nH]c(=O)n2c3c(c4cccc1c42)-c1ccccc1C3. The predicted molar refractivity (Wildman–Crippen MR) is 88.5 cm³/mol. The Morgan fingerprint density at radius 2 is 1.73 bits per heavy atom. The molecule has 2 aromatic heterocycles. The van der Waals surface area contributed by atoms with E-state index in [1.807, 2.05) is 24.3 Å². The van der Waals surface area contributed by atoms with Gasteiger partial charge in [0.2, 0.25) is 0 Å². The van der Waals surface area contributed by atoms with Gasteiger partial charge in [-0.3, -0.25) is 14.2 Å². The minimum Gasteiger partial charge on any atom is -0.273 e. The summed E-state index contributed by atoms with van der Waals surface area (Å²) in [5.41, 5.74) is 4.53. The van der Waals surface area contributed by atoms with Crippen LogP contribution in [0.25, 0.3) is 27.4 Å². The zero-order valence-electron chi connectivity index (χ0n) is 11.4. The van der Waals surface area contributed by atoms with Crippen LogP contribution in [0.4, 0.5) is 0 Å². The van der Waals surface area contributed by atoms with Crippen LogP contribution in [-0.2, 0) is 6.42 Å². The normalized spacial score (nSPS) is 12.4. The fourth-order valence-electron chi connectivity index (χ4n) is 3.58. The summed E-state index contributed by atoms with van der Waals surface area (Å²) in [6, 6.07) is 13.8. The number of nitrogens with zero attached hydrogens (tertiary/aromatic N) is 1. The molecule has 0 saturated heterocycles. The Kier molecular flexibility index (Phi) is 2.51. The molecule has 4 nitrogen and oxygen atoms in total. The minimum atomic E-state index is -0.349. The molecule has 1 aliphatic rings. The topological polar surface area (TPSA) is 54.3 Å². The molecule has 108 valence electrons. The van der Waals surface area contributed by atoms with Crippen LogP contribution in [0.3, 0.4) is 0 Å². The molecule has 0 atom stereocenters. The molecule has 4 aromatic rings. The standard InChI is InChI=1S/C17H10N2O2.ClH/c20-16-12-7-3-6-11-14-10-5-2-1-4-9(10)8-13(14)19(15(11)12)17(21)18-16;/h1-7H,8H2,(H,18,20,21);1H. The van der Waals surface area contributed by atoms with Crippen LogP contribution in [0.1, 0.15) is 11.3 Å². The fourth-order valence-corrected chi connectivity index (χ4v) is 3.58. The Hall–Kier alpha value is -2.59. The van der Waals surface area contributed by atoms with Gasteiger partial charge in [0, 0.05) is 23.1 Å². The van der Waals surface area contributed by atoms with Crippen molar-refractivity contribution in [2.45, 2.75) is 6.42 Å². The molecule has 0 unspecified atom stereocenters. The van der Waals surface area contributed by atoms with Crippen molar-refractivity contribution in [3.63, 3.8) is 0 Å². The molecule has 0 bridgehead atoms. The molecule has 1 N–H and O–H groups in total. The molecule has 0 spiro atoms. The highest BCUT2D eigenvalue weighted by molar-refractivity contribution is 6.07. The van der Waals surface area contributed by atoms with Crippen LogP contribution < -0.4 is 11.2 Å². The van der Waals surface area contributed by atoms with Crippen molar-refractivity contribution in [2.75, 3.05) is 0 Å². The first-order valence-corrected chi connectivity index (χ1v) is 6.86. The molecule has 5 rings (SSSR count). The summed E-state index contributed by atoms with van der Waals surface area (Å²) in [6.07, 6.45) is 0.723. The lowest BCUT2D eigenvalue weighted by Gasteiger charge is -2.03. The average Bonchev–Trinajstić information content (AvgIpc) is 3.00. The Labute approximate surface area is 130 Å². The van der Waals surface area contributed by atoms with Crippen LogP contribution in [0, 0.1) is 0 Å². The van der Waals surface area contributed by atoms with E-state index in [0.717, 1.165) is 34.1 Å². The number of rotatable bonds is 0. The van der Waals surface area contributed by atoms with Gasteiger partial charge >= 0.3 is 5.69 Å². The average molecular weight is 311 g/mol. The Balaban J connectivity index is 0.00000125. The summed E-state index contributed by atoms with van der Waals surface area (Å²) < 4.78 is 1.67. The minimum absolute atomic E-state index is 0. The molecule has 5 heteroatoms. The second-order valence-electron chi connectivity index (χ2n) is 5.45. The van der Waals surface area contributed by atoms with E-state index in [0.29, 0.717) is 5.39 Å². The van der Waals surface area contributed by atoms with Crippen molar-refractivity contribution in [3.8, 4) is 11.1 Å². The maximum atomic E-state index is 12.3. The van der Waals surface area contributed by atoms with E-state index < -0.39 is 0 Å². The third kappa shape index (κ3) is 1.37. The van der Waals surface area contributed by atoms with Gasteiger partial charge in [0.05, 0.1) is 10.9 Å². The van der Waals surface area contributed by atoms with Gasteiger partial charge in [0.1, 0.15) is 0 Å². The van der Waals surface area contributed by atoms with Gasteiger partial charge in [-0.15, -0.1) is 12.4 Å². The Morgan fingerprint density at radius 1 is 0.955 bits per heavy atom. The van der Waals surface area contributed by atoms with Gasteiger partial charge in [-0.1, -0.05) is 36.4 Å². The number of nitrogens with one attached hydrogen (secondary N) is 1. The number of aromatic nitrogens is 2. The summed E-state index contributed by atoms with van der Waals surface area (Å²) in [5, 5.41) is 1.55. The Morgan fingerprint density at radius 3 is 2.59 bits per heavy atom. The second kappa shape index (κ2) is 4.21. The lowest BCUT2D eigenvalue weighted by molar-refractivity contribution is 0.940. The van der Waals surface area contributed by atoms with Crippen molar-refractivity contribution in [2.24, 2.45) is 0 Å². The van der Waals surface area contributed by atoms with Gasteiger partial charge in [-0.2, -0.15) is 0 Å². The van der Waals surface area contributed by atoms with Gasteiger partial charge in [0.25, 0.3) is 5.56 Å². The smallest absolute Gasteiger partial charge is 0.273 e. The molecule has 0 fully saturated rings. The summed E-state index contributed by atoms with van der Waals surface area (Å²) in [5.74, 6) is 0. The van der Waals surface area contributed by atoms with Crippen LogP contribution >= 0.6 is 12.4 Å². The molecule has 2 heterocycles. The van der Waals surface area contributed by atoms with Crippen molar-refractivity contribution in [3.05, 3.63) is 74.6 Å². The highest BCUT2D eigenvalue weighted by Crippen LogP contribution is 2.42. The quantitative estimate of drug-likeness (QED) is 0.478. The van der Waals surface area contributed by atoms with Crippen molar-refractivity contribution in [1.82, 2.24) is 9.38 Å². The number of fused-ring (bicyclic) bond motifs is 5. The monoisotopic (exact) mass is 310 g/mol. The fraction of sp³-hybridized carbons (Fsp3) is 0.0588. The highest BCUT2D eigenvalue weighted by Gasteiger charge is 2.27. The van der Waals surface area contributed by atoms with Gasteiger partial charge in [-0.25, -0.2) is 4.79 Å². The maximum Gasteiger partial charge on any atom is 0.333 e. The number of hydrogen-bond donors (Lipinski definition) is 1. The van der Waals surface area contributed by atoms with Crippen LogP contribution in [0.15, 0.2) is 52.1 Å². The van der Waals surface area contributed by atoms with E-state index in [-0.39, 0.29) is 23.7 Å². The second-order valence-corrected chi connectivity index (χ2v) is 5.45. The summed E-state index contributed by atoms with van der Waals surface area (Å²) in [4.78, 5) is 26.7. The maximum absolute atomic E-state index is 12.3. The van der Waals surface area contributed by atoms with Crippen LogP contribution in [0.2, 0.25) is 0 Å². The third-order valence-corrected chi connectivity index (χ3v) is 4.40. The lowest BCUT2D eigenvalue weighted by atomic mass is 10.0. The molecular weight excluding hydrogens is 300 g/mol. The molecule has 0 saturated carbocycles. The lowest BCUT2D eigenvalue weighted by Crippen LogP contribution is -2.26. The number of para-hydroxylation sites is 1. The van der Waals surface area contributed by atoms with Crippen LogP contribution in [-0.4, -0.2) is 9.38 Å². The van der Waals surface area contributed by atoms with Crippen LogP contribution in [0.5, 0.6) is 0 Å². The van der Waals surface area contributed by atoms with Gasteiger partial charge < -0.3 is 0 Å². The first-order chi connectivity index (χ1) is 10.3. The number of hydrogen-bond acceptors (Lipinski definition) is 2. The van der Waals surface area contributed by atoms with E-state index in [9.17, 15) is 9.59 Å². The molecule has 0 radical (unpaired) electrons. The number of benzene rings is 2. The molecular formula is C17H11ClN2O2. The predicted octanol–water partition coefficient (Wildman–Crippen LogP) is 2.57. The van der Waals surface area contributed by atoms with E-state index >= 15 is 0 Å². The number of H-pyrrole nitrogens is 1. The van der Waals surface area contributed by atoms with E-state index in [4.69, 9.17) is 0 Å². The number of halogens is 1. The Bertz CT molecular complexity index is 1160. The zero-order chi connectivity index (χ0) is 14.1. The van der Waals surface area contributed by atoms with Crippen molar-refractivity contribution < 1.29 is 0 Å². The first-order valence-electron chi connectivity index (χ1n) is 6.86. The highest BCUT2D eigenvalue weighted by atomic mass is 35.5. The van der Waals surface area contributed by atoms with Crippen molar-refractivity contribution in [1.29, 1.82) is 0 Å². The van der Waals surface area contributed by atoms with Gasteiger partial charge in [-0.05, 0) is 17.2 Å². The largest absolute Gasteiger partial charge is 0.333 e. The first kappa shape index (κ1) is 13.1. The van der Waals surface area contributed by atoms with E-state index in [1.54, 1.807) is 10.5 Å². The molecule has 0 amide bonds. The molecule has 0 aliphatic heterocycles. The third-order valence-electron chi connectivity index (χ3n) is 4.40. The summed E-state index contributed by atoms with van der Waals surface area (Å²) >= 11 is 0. The van der Waals surface area contributed by atoms with E-state index in [1.165, 1.54) is 5.56 Å². The summed E-state index contributed by atoms with van der Waals surface area (Å²) in [6.45, 7) is 0. The van der Waals surface area contributed by atoms with Crippen molar-refractivity contribution >= 4 is 28.7 Å². The molecule has 22 heavy (non-hydrogen) atoms. The van der Waals surface area contributed by atoms with Gasteiger partial charge in [0.15, 0.2) is 0 Å².